The summed E-state index contributed by atoms with van der Waals surface area (Å²) >= 11 is 1.64. The Labute approximate surface area is 159 Å². The molecule has 0 saturated heterocycles. The summed E-state index contributed by atoms with van der Waals surface area (Å²) in [5.41, 5.74) is 4.61. The first-order chi connectivity index (χ1) is 12.7. The molecule has 1 aromatic carbocycles. The van der Waals surface area contributed by atoms with Crippen molar-refractivity contribution in [3.05, 3.63) is 66.6 Å². The fraction of sp³-hybridized carbons (Fsp3) is 0.200. The zero-order chi connectivity index (χ0) is 18.9. The highest BCUT2D eigenvalue weighted by atomic mass is 32.2. The number of rotatable bonds is 6. The average molecular weight is 368 g/mol. The number of hydrogen-bond donors (Lipinski definition) is 2. The second-order valence-corrected chi connectivity index (χ2v) is 5.88. The lowest BCUT2D eigenvalue weighted by Crippen LogP contribution is -1.99. The lowest BCUT2D eigenvalue weighted by atomic mass is 10.2. The van der Waals surface area contributed by atoms with Crippen molar-refractivity contribution in [3.63, 3.8) is 0 Å². The molecule has 6 heteroatoms. The maximum Gasteiger partial charge on any atom is 0.180 e. The van der Waals surface area contributed by atoms with Crippen LogP contribution in [0, 0.1) is 0 Å². The van der Waals surface area contributed by atoms with Gasteiger partial charge in [-0.1, -0.05) is 26.5 Å². The van der Waals surface area contributed by atoms with Crippen LogP contribution in [0.3, 0.4) is 0 Å². The monoisotopic (exact) mass is 367 g/mol. The number of hydrogen-bond acceptors (Lipinski definition) is 5. The average Bonchev–Trinajstić information content (AvgIpc) is 3.13. The molecule has 26 heavy (non-hydrogen) atoms. The van der Waals surface area contributed by atoms with Gasteiger partial charge in [-0.3, -0.25) is 4.40 Å². The van der Waals surface area contributed by atoms with Gasteiger partial charge >= 0.3 is 0 Å². The lowest BCUT2D eigenvalue weighted by Gasteiger charge is -2.09. The molecule has 0 atom stereocenters. The summed E-state index contributed by atoms with van der Waals surface area (Å²) in [6.07, 6.45) is 9.47. The van der Waals surface area contributed by atoms with E-state index in [0.717, 1.165) is 28.3 Å². The van der Waals surface area contributed by atoms with Gasteiger partial charge in [-0.2, -0.15) is 0 Å². The number of imidazole rings is 1. The molecule has 0 spiro atoms. The molecular weight excluding hydrogens is 342 g/mol. The van der Waals surface area contributed by atoms with Crippen LogP contribution in [0.5, 0.6) is 0 Å². The standard InChI is InChI=1S/C18H19N5S.C2H6/c1-13(7-10-24-3)16-12-21-18-17(20-8-9-23(16)18)22-15-6-4-5-14(11-15)19-2;1-2/h4-12,19H,1H2,2-3H3,(H,20,22);1-2H3/b10-7-;. The summed E-state index contributed by atoms with van der Waals surface area (Å²) in [7, 11) is 1.90. The van der Waals surface area contributed by atoms with E-state index >= 15 is 0 Å². The number of aromatic nitrogens is 3. The van der Waals surface area contributed by atoms with Crippen LogP contribution in [-0.2, 0) is 0 Å². The van der Waals surface area contributed by atoms with Gasteiger partial charge in [0.15, 0.2) is 11.5 Å². The van der Waals surface area contributed by atoms with Gasteiger partial charge in [0.1, 0.15) is 0 Å². The zero-order valence-electron chi connectivity index (χ0n) is 15.7. The van der Waals surface area contributed by atoms with E-state index in [1.54, 1.807) is 18.0 Å². The molecule has 2 aromatic heterocycles. The third-order valence-electron chi connectivity index (χ3n) is 3.58. The smallest absolute Gasteiger partial charge is 0.180 e. The molecule has 0 fully saturated rings. The first kappa shape index (κ1) is 19.6. The second kappa shape index (κ2) is 9.68. The first-order valence-electron chi connectivity index (χ1n) is 8.48. The Balaban J connectivity index is 0.00000117. The minimum absolute atomic E-state index is 0.707. The van der Waals surface area contributed by atoms with E-state index < -0.39 is 0 Å². The fourth-order valence-electron chi connectivity index (χ4n) is 2.37. The Bertz CT molecular complexity index is 898. The van der Waals surface area contributed by atoms with Gasteiger partial charge in [0, 0.05) is 30.8 Å². The SMILES string of the molecule is C=C(/C=C\SC)c1cnc2c(Nc3cccc(NC)c3)nccn12.CC. The first-order valence-corrected chi connectivity index (χ1v) is 9.77. The van der Waals surface area contributed by atoms with Crippen molar-refractivity contribution >= 4 is 40.2 Å². The molecular formula is C20H25N5S. The summed E-state index contributed by atoms with van der Waals surface area (Å²) in [5, 5.41) is 8.46. The molecule has 2 heterocycles. The zero-order valence-corrected chi connectivity index (χ0v) is 16.5. The number of nitrogens with one attached hydrogen (secondary N) is 2. The van der Waals surface area contributed by atoms with Crippen LogP contribution in [-0.4, -0.2) is 27.7 Å². The van der Waals surface area contributed by atoms with Crippen molar-refractivity contribution in [1.82, 2.24) is 14.4 Å². The quantitative estimate of drug-likeness (QED) is 0.569. The van der Waals surface area contributed by atoms with Crippen molar-refractivity contribution in [3.8, 4) is 0 Å². The van der Waals surface area contributed by atoms with Crippen LogP contribution in [0.15, 0.2) is 60.9 Å². The van der Waals surface area contributed by atoms with Gasteiger partial charge in [-0.25, -0.2) is 9.97 Å². The van der Waals surface area contributed by atoms with Gasteiger partial charge < -0.3 is 10.6 Å². The van der Waals surface area contributed by atoms with E-state index in [-0.39, 0.29) is 0 Å². The highest BCUT2D eigenvalue weighted by Gasteiger charge is 2.10. The maximum absolute atomic E-state index is 4.51. The minimum atomic E-state index is 0.707. The maximum atomic E-state index is 4.51. The molecule has 2 N–H and O–H groups in total. The molecule has 3 aromatic rings. The van der Waals surface area contributed by atoms with Gasteiger partial charge in [0.05, 0.1) is 11.9 Å². The molecule has 0 saturated carbocycles. The van der Waals surface area contributed by atoms with Crippen molar-refractivity contribution in [1.29, 1.82) is 0 Å². The molecule has 0 aliphatic carbocycles. The number of benzene rings is 1. The van der Waals surface area contributed by atoms with Crippen LogP contribution in [0.1, 0.15) is 19.5 Å². The Kier molecular flexibility index (Phi) is 7.29. The van der Waals surface area contributed by atoms with Crippen LogP contribution >= 0.6 is 11.8 Å². The largest absolute Gasteiger partial charge is 0.388 e. The molecule has 3 rings (SSSR count). The summed E-state index contributed by atoms with van der Waals surface area (Å²) in [6.45, 7) is 8.11. The lowest BCUT2D eigenvalue weighted by molar-refractivity contribution is 1.11. The van der Waals surface area contributed by atoms with E-state index in [9.17, 15) is 0 Å². The van der Waals surface area contributed by atoms with Gasteiger partial charge in [0.25, 0.3) is 0 Å². The molecule has 0 unspecified atom stereocenters. The highest BCUT2D eigenvalue weighted by molar-refractivity contribution is 8.01. The topological polar surface area (TPSA) is 54.2 Å². The van der Waals surface area contributed by atoms with E-state index in [2.05, 4.69) is 27.2 Å². The van der Waals surface area contributed by atoms with E-state index in [1.165, 1.54) is 0 Å². The molecule has 0 radical (unpaired) electrons. The van der Waals surface area contributed by atoms with Crippen LogP contribution in [0.2, 0.25) is 0 Å². The number of anilines is 3. The van der Waals surface area contributed by atoms with Gasteiger partial charge in [-0.15, -0.1) is 11.8 Å². The predicted molar refractivity (Wildman–Crippen MR) is 115 cm³/mol. The normalized spacial score (nSPS) is 10.5. The summed E-state index contributed by atoms with van der Waals surface area (Å²) < 4.78 is 1.99. The van der Waals surface area contributed by atoms with Gasteiger partial charge in [0.2, 0.25) is 0 Å². The number of fused-ring (bicyclic) bond motifs is 1. The minimum Gasteiger partial charge on any atom is -0.388 e. The van der Waals surface area contributed by atoms with E-state index in [0.29, 0.717) is 5.82 Å². The summed E-state index contributed by atoms with van der Waals surface area (Å²) in [4.78, 5) is 8.93. The van der Waals surface area contributed by atoms with Crippen LogP contribution in [0.4, 0.5) is 17.2 Å². The predicted octanol–water partition coefficient (Wildman–Crippen LogP) is 5.43. The van der Waals surface area contributed by atoms with Crippen molar-refractivity contribution in [2.45, 2.75) is 13.8 Å². The van der Waals surface area contributed by atoms with Crippen molar-refractivity contribution in [2.24, 2.45) is 0 Å². The third kappa shape index (κ3) is 4.46. The van der Waals surface area contributed by atoms with Gasteiger partial charge in [-0.05, 0) is 41.5 Å². The Morgan fingerprint density at radius 1 is 1.23 bits per heavy atom. The van der Waals surface area contributed by atoms with Crippen LogP contribution < -0.4 is 10.6 Å². The third-order valence-corrected chi connectivity index (χ3v) is 3.98. The second-order valence-electron chi connectivity index (χ2n) is 5.13. The van der Waals surface area contributed by atoms with E-state index in [1.807, 2.05) is 79.7 Å². The molecule has 5 nitrogen and oxygen atoms in total. The molecule has 0 aliphatic heterocycles. The molecule has 136 valence electrons. The Morgan fingerprint density at radius 2 is 2.00 bits per heavy atom. The van der Waals surface area contributed by atoms with Crippen molar-refractivity contribution in [2.75, 3.05) is 23.9 Å². The number of thioether (sulfide) groups is 1. The molecule has 0 bridgehead atoms. The Hall–Kier alpha value is -2.73. The summed E-state index contributed by atoms with van der Waals surface area (Å²) in [5.74, 6) is 0.707. The number of nitrogens with zero attached hydrogens (tertiary/aromatic N) is 3. The molecule has 0 aliphatic rings. The van der Waals surface area contributed by atoms with E-state index in [4.69, 9.17) is 0 Å². The fourth-order valence-corrected chi connectivity index (χ4v) is 2.67. The molecule has 0 amide bonds. The Morgan fingerprint density at radius 3 is 2.73 bits per heavy atom. The van der Waals surface area contributed by atoms with Crippen LogP contribution in [0.25, 0.3) is 11.2 Å². The summed E-state index contributed by atoms with van der Waals surface area (Å²) in [6, 6.07) is 8.01. The van der Waals surface area contributed by atoms with Crippen molar-refractivity contribution < 1.29 is 0 Å². The number of allylic oxidation sites excluding steroid dienone is 2. The highest BCUT2D eigenvalue weighted by Crippen LogP contribution is 2.24.